The van der Waals surface area contributed by atoms with E-state index < -0.39 is 0 Å². The molecule has 1 aliphatic heterocycles. The Balaban J connectivity index is 0.00000576. The van der Waals surface area contributed by atoms with Crippen molar-refractivity contribution in [2.24, 2.45) is 4.99 Å². The van der Waals surface area contributed by atoms with Crippen LogP contribution in [-0.2, 0) is 0 Å². The summed E-state index contributed by atoms with van der Waals surface area (Å²) >= 11 is 0. The van der Waals surface area contributed by atoms with Crippen LogP contribution in [0.25, 0.3) is 0 Å². The lowest BCUT2D eigenvalue weighted by Crippen LogP contribution is -2.46. The van der Waals surface area contributed by atoms with Gasteiger partial charge < -0.3 is 20.4 Å². The van der Waals surface area contributed by atoms with Crippen LogP contribution < -0.4 is 10.6 Å². The van der Waals surface area contributed by atoms with Gasteiger partial charge in [0.05, 0.1) is 0 Å². The highest BCUT2D eigenvalue weighted by atomic mass is 127. The van der Waals surface area contributed by atoms with Crippen molar-refractivity contribution in [2.45, 2.75) is 46.2 Å². The molecule has 25 heavy (non-hydrogen) atoms. The van der Waals surface area contributed by atoms with Crippen LogP contribution >= 0.6 is 24.0 Å². The lowest BCUT2D eigenvalue weighted by molar-refractivity contribution is 0.178. The number of nitrogens with one attached hydrogen (secondary N) is 2. The highest BCUT2D eigenvalue weighted by molar-refractivity contribution is 14.0. The largest absolute Gasteiger partial charge is 0.355 e. The van der Waals surface area contributed by atoms with E-state index in [4.69, 9.17) is 0 Å². The summed E-state index contributed by atoms with van der Waals surface area (Å²) in [6.07, 6.45) is 1.27. The van der Waals surface area contributed by atoms with Crippen molar-refractivity contribution in [1.29, 1.82) is 0 Å². The minimum absolute atomic E-state index is 0. The van der Waals surface area contributed by atoms with E-state index in [1.165, 1.54) is 32.6 Å². The van der Waals surface area contributed by atoms with Gasteiger partial charge in [-0.15, -0.1) is 24.0 Å². The lowest BCUT2D eigenvalue weighted by atomic mass is 10.2. The van der Waals surface area contributed by atoms with Crippen LogP contribution in [0.15, 0.2) is 4.99 Å². The molecule has 0 aliphatic carbocycles. The molecule has 150 valence electrons. The van der Waals surface area contributed by atoms with Crippen molar-refractivity contribution in [2.75, 3.05) is 66.5 Å². The van der Waals surface area contributed by atoms with Crippen LogP contribution in [-0.4, -0.2) is 99.2 Å². The van der Waals surface area contributed by atoms with E-state index in [1.54, 1.807) is 0 Å². The maximum absolute atomic E-state index is 4.34. The zero-order chi connectivity index (χ0) is 17.9. The SMILES string of the molecule is CN=C(NCCN1CCCN(C)CC1)NCCN(C(C)C)C(C)C.I. The Morgan fingerprint density at radius 1 is 1.00 bits per heavy atom. The first-order chi connectivity index (χ1) is 11.4. The topological polar surface area (TPSA) is 46.1 Å². The second-order valence-electron chi connectivity index (χ2n) is 7.35. The quantitative estimate of drug-likeness (QED) is 0.322. The summed E-state index contributed by atoms with van der Waals surface area (Å²) < 4.78 is 0. The second kappa shape index (κ2) is 14.0. The van der Waals surface area contributed by atoms with E-state index in [-0.39, 0.29) is 24.0 Å². The molecule has 1 aliphatic rings. The van der Waals surface area contributed by atoms with Crippen molar-refractivity contribution in [3.05, 3.63) is 0 Å². The van der Waals surface area contributed by atoms with E-state index in [0.717, 1.165) is 32.1 Å². The lowest BCUT2D eigenvalue weighted by Gasteiger charge is -2.30. The molecule has 0 aromatic heterocycles. The van der Waals surface area contributed by atoms with Gasteiger partial charge in [-0.3, -0.25) is 9.89 Å². The number of rotatable bonds is 8. The molecule has 0 amide bonds. The molecule has 1 saturated heterocycles. The van der Waals surface area contributed by atoms with Crippen LogP contribution in [0.3, 0.4) is 0 Å². The van der Waals surface area contributed by atoms with E-state index in [9.17, 15) is 0 Å². The number of aliphatic imine (C=N–C) groups is 1. The van der Waals surface area contributed by atoms with Crippen molar-refractivity contribution >= 4 is 29.9 Å². The first-order valence-electron chi connectivity index (χ1n) is 9.55. The predicted molar refractivity (Wildman–Crippen MR) is 120 cm³/mol. The molecule has 1 fully saturated rings. The van der Waals surface area contributed by atoms with Crippen molar-refractivity contribution in [3.8, 4) is 0 Å². The summed E-state index contributed by atoms with van der Waals surface area (Å²) in [6.45, 7) is 17.8. The average Bonchev–Trinajstić information content (AvgIpc) is 2.73. The van der Waals surface area contributed by atoms with Crippen molar-refractivity contribution < 1.29 is 0 Å². The van der Waals surface area contributed by atoms with Crippen LogP contribution in [0.2, 0.25) is 0 Å². The molecule has 0 radical (unpaired) electrons. The summed E-state index contributed by atoms with van der Waals surface area (Å²) in [5, 5.41) is 6.88. The molecule has 0 aromatic rings. The molecule has 2 N–H and O–H groups in total. The minimum Gasteiger partial charge on any atom is -0.355 e. The Bertz CT molecular complexity index is 353. The summed E-state index contributed by atoms with van der Waals surface area (Å²) in [5.74, 6) is 0.911. The molecule has 0 atom stereocenters. The molecule has 6 nitrogen and oxygen atoms in total. The fraction of sp³-hybridized carbons (Fsp3) is 0.944. The third-order valence-corrected chi connectivity index (χ3v) is 4.75. The maximum atomic E-state index is 4.34. The van der Waals surface area contributed by atoms with Gasteiger partial charge in [0.15, 0.2) is 5.96 Å². The Labute approximate surface area is 172 Å². The number of likely N-dealkylation sites (N-methyl/N-ethyl adjacent to an activating group) is 1. The Hall–Kier alpha value is -0.120. The minimum atomic E-state index is 0. The Kier molecular flexibility index (Phi) is 13.9. The van der Waals surface area contributed by atoms with E-state index in [2.05, 4.69) is 65.1 Å². The van der Waals surface area contributed by atoms with Gasteiger partial charge in [0.2, 0.25) is 0 Å². The van der Waals surface area contributed by atoms with Gasteiger partial charge in [-0.1, -0.05) is 0 Å². The van der Waals surface area contributed by atoms with Crippen LogP contribution in [0.1, 0.15) is 34.1 Å². The highest BCUT2D eigenvalue weighted by Gasteiger charge is 2.13. The van der Waals surface area contributed by atoms with Crippen molar-refractivity contribution in [3.63, 3.8) is 0 Å². The molecule has 0 bridgehead atoms. The van der Waals surface area contributed by atoms with Gasteiger partial charge >= 0.3 is 0 Å². The zero-order valence-electron chi connectivity index (χ0n) is 17.2. The fourth-order valence-electron chi connectivity index (χ4n) is 3.29. The summed E-state index contributed by atoms with van der Waals surface area (Å²) in [5.41, 5.74) is 0. The van der Waals surface area contributed by atoms with Crippen molar-refractivity contribution in [1.82, 2.24) is 25.3 Å². The smallest absolute Gasteiger partial charge is 0.191 e. The third kappa shape index (κ3) is 10.6. The van der Waals surface area contributed by atoms with Crippen LogP contribution in [0.5, 0.6) is 0 Å². The normalized spacial score (nSPS) is 17.7. The van der Waals surface area contributed by atoms with Gasteiger partial charge in [0.25, 0.3) is 0 Å². The monoisotopic (exact) mass is 468 g/mol. The van der Waals surface area contributed by atoms with Gasteiger partial charge in [-0.2, -0.15) is 0 Å². The molecule has 0 aromatic carbocycles. The zero-order valence-corrected chi connectivity index (χ0v) is 19.5. The van der Waals surface area contributed by atoms with E-state index in [0.29, 0.717) is 12.1 Å². The van der Waals surface area contributed by atoms with E-state index in [1.807, 2.05) is 7.05 Å². The number of hydrogen-bond donors (Lipinski definition) is 2. The number of halogens is 1. The highest BCUT2D eigenvalue weighted by Crippen LogP contribution is 2.03. The first-order valence-corrected chi connectivity index (χ1v) is 9.55. The average molecular weight is 468 g/mol. The summed E-state index contributed by atoms with van der Waals surface area (Å²) in [4.78, 5) is 11.8. The molecule has 0 saturated carbocycles. The molecule has 1 heterocycles. The van der Waals surface area contributed by atoms with Crippen LogP contribution in [0, 0.1) is 0 Å². The third-order valence-electron chi connectivity index (χ3n) is 4.75. The van der Waals surface area contributed by atoms with E-state index >= 15 is 0 Å². The standard InChI is InChI=1S/C18H40N6.HI/c1-16(2)24(17(3)4)13-9-21-18(19-5)20-8-12-23-11-7-10-22(6)14-15-23;/h16-17H,7-15H2,1-6H3,(H2,19,20,21);1H. The van der Waals surface area contributed by atoms with Crippen LogP contribution in [0.4, 0.5) is 0 Å². The Morgan fingerprint density at radius 3 is 2.24 bits per heavy atom. The maximum Gasteiger partial charge on any atom is 0.191 e. The number of nitrogens with zero attached hydrogens (tertiary/aromatic N) is 4. The fourth-order valence-corrected chi connectivity index (χ4v) is 3.29. The van der Waals surface area contributed by atoms with Gasteiger partial charge in [0, 0.05) is 58.4 Å². The molecule has 1 rings (SSSR count). The first kappa shape index (κ1) is 24.9. The number of hydrogen-bond acceptors (Lipinski definition) is 4. The molecular formula is C18H41IN6. The predicted octanol–water partition coefficient (Wildman–Crippen LogP) is 1.53. The van der Waals surface area contributed by atoms with Gasteiger partial charge in [0.1, 0.15) is 0 Å². The molecule has 0 unspecified atom stereocenters. The summed E-state index contributed by atoms with van der Waals surface area (Å²) in [6, 6.07) is 1.14. The molecule has 7 heteroatoms. The Morgan fingerprint density at radius 2 is 1.64 bits per heavy atom. The number of guanidine groups is 1. The molecular weight excluding hydrogens is 427 g/mol. The second-order valence-corrected chi connectivity index (χ2v) is 7.35. The summed E-state index contributed by atoms with van der Waals surface area (Å²) in [7, 11) is 4.06. The molecule has 0 spiro atoms. The van der Waals surface area contributed by atoms with Gasteiger partial charge in [-0.05, 0) is 54.3 Å². The van der Waals surface area contributed by atoms with Gasteiger partial charge in [-0.25, -0.2) is 0 Å².